The fraction of sp³-hybridized carbons (Fsp3) is 0.818. The summed E-state index contributed by atoms with van der Waals surface area (Å²) in [6.07, 6.45) is 1.74. The van der Waals surface area contributed by atoms with Crippen LogP contribution in [0, 0.1) is 0 Å². The molecule has 1 aliphatic heterocycles. The van der Waals surface area contributed by atoms with Gasteiger partial charge in [0.05, 0.1) is 12.1 Å². The minimum Gasteiger partial charge on any atom is -0.479 e. The van der Waals surface area contributed by atoms with Crippen molar-refractivity contribution in [2.24, 2.45) is 0 Å². The predicted octanol–water partition coefficient (Wildman–Crippen LogP) is -0.350. The van der Waals surface area contributed by atoms with Crippen LogP contribution in [0.3, 0.4) is 0 Å². The third-order valence-corrected chi connectivity index (χ3v) is 3.59. The minimum absolute atomic E-state index is 0.0756. The zero-order chi connectivity index (χ0) is 12.5. The van der Waals surface area contributed by atoms with Gasteiger partial charge in [0.25, 0.3) is 0 Å². The van der Waals surface area contributed by atoms with Gasteiger partial charge in [0.15, 0.2) is 6.10 Å². The summed E-state index contributed by atoms with van der Waals surface area (Å²) in [5.74, 6) is -1.33. The normalized spacial score (nSPS) is 30.6. The number of carboxylic acid groups (broad SMARTS) is 1. The summed E-state index contributed by atoms with van der Waals surface area (Å²) >= 11 is 0. The monoisotopic (exact) mass is 243 g/mol. The molecule has 0 aromatic carbocycles. The van der Waals surface area contributed by atoms with E-state index in [0.717, 1.165) is 19.3 Å². The van der Waals surface area contributed by atoms with Gasteiger partial charge in [-0.05, 0) is 32.1 Å². The van der Waals surface area contributed by atoms with Gasteiger partial charge >= 0.3 is 5.97 Å². The van der Waals surface area contributed by atoms with E-state index < -0.39 is 23.7 Å². The van der Waals surface area contributed by atoms with Crippen LogP contribution in [0.5, 0.6) is 0 Å². The highest BCUT2D eigenvalue weighted by Crippen LogP contribution is 2.32. The third kappa shape index (κ3) is 2.42. The number of carbonyl (C=O) groups excluding carboxylic acids is 1. The van der Waals surface area contributed by atoms with E-state index in [2.05, 4.69) is 5.32 Å². The van der Waals surface area contributed by atoms with E-state index in [-0.39, 0.29) is 12.5 Å². The van der Waals surface area contributed by atoms with Gasteiger partial charge in [0.1, 0.15) is 6.10 Å². The first-order valence-electron chi connectivity index (χ1n) is 5.87. The van der Waals surface area contributed by atoms with Crippen LogP contribution in [0.25, 0.3) is 0 Å². The van der Waals surface area contributed by atoms with E-state index in [0.29, 0.717) is 12.8 Å². The van der Waals surface area contributed by atoms with E-state index >= 15 is 0 Å². The molecule has 2 fully saturated rings. The van der Waals surface area contributed by atoms with Crippen LogP contribution in [0.15, 0.2) is 0 Å². The molecule has 17 heavy (non-hydrogen) atoms. The summed E-state index contributed by atoms with van der Waals surface area (Å²) in [5.41, 5.74) is -0.498. The molecule has 1 saturated carbocycles. The number of hydrogen-bond donors (Lipinski definition) is 3. The lowest BCUT2D eigenvalue weighted by atomic mass is 9.77. The van der Waals surface area contributed by atoms with E-state index in [1.165, 1.54) is 0 Å². The van der Waals surface area contributed by atoms with Crippen LogP contribution < -0.4 is 5.32 Å². The Kier molecular flexibility index (Phi) is 3.35. The molecule has 96 valence electrons. The molecule has 2 rings (SSSR count). The topological polar surface area (TPSA) is 95.9 Å². The molecule has 0 bridgehead atoms. The molecule has 2 aliphatic rings. The van der Waals surface area contributed by atoms with Crippen molar-refractivity contribution >= 4 is 11.9 Å². The molecule has 1 amide bonds. The standard InChI is InChI=1S/C11H17NO5/c13-6-11(4-1-5-11)12-9(14)7-2-3-8(17-7)10(15)16/h7-8,13H,1-6H2,(H,12,14)(H,15,16). The smallest absolute Gasteiger partial charge is 0.332 e. The Bertz CT molecular complexity index is 320. The van der Waals surface area contributed by atoms with Gasteiger partial charge in [-0.1, -0.05) is 0 Å². The summed E-state index contributed by atoms with van der Waals surface area (Å²) in [6, 6.07) is 0. The molecular formula is C11H17NO5. The number of carbonyl (C=O) groups is 2. The van der Waals surface area contributed by atoms with Gasteiger partial charge in [-0.3, -0.25) is 4.79 Å². The second-order valence-electron chi connectivity index (χ2n) is 4.81. The molecule has 1 saturated heterocycles. The molecule has 0 radical (unpaired) electrons. The molecule has 6 nitrogen and oxygen atoms in total. The van der Waals surface area contributed by atoms with E-state index in [1.54, 1.807) is 0 Å². The minimum atomic E-state index is -1.03. The van der Waals surface area contributed by atoms with Crippen LogP contribution >= 0.6 is 0 Å². The number of aliphatic hydroxyl groups is 1. The molecular weight excluding hydrogens is 226 g/mol. The number of ether oxygens (including phenoxy) is 1. The molecule has 0 spiro atoms. The number of aliphatic hydroxyl groups excluding tert-OH is 1. The van der Waals surface area contributed by atoms with Crippen LogP contribution in [-0.2, 0) is 14.3 Å². The molecule has 1 aliphatic carbocycles. The molecule has 0 aromatic rings. The highest BCUT2D eigenvalue weighted by atomic mass is 16.5. The van der Waals surface area contributed by atoms with Crippen LogP contribution in [-0.4, -0.2) is 46.4 Å². The van der Waals surface area contributed by atoms with Crippen molar-refractivity contribution in [1.29, 1.82) is 0 Å². The summed E-state index contributed by atoms with van der Waals surface area (Å²) in [4.78, 5) is 22.5. The first-order valence-corrected chi connectivity index (χ1v) is 5.87. The molecule has 0 aromatic heterocycles. The molecule has 2 atom stereocenters. The molecule has 3 N–H and O–H groups in total. The Morgan fingerprint density at radius 3 is 2.35 bits per heavy atom. The number of rotatable bonds is 4. The largest absolute Gasteiger partial charge is 0.479 e. The van der Waals surface area contributed by atoms with Gasteiger partial charge in [0, 0.05) is 0 Å². The zero-order valence-electron chi connectivity index (χ0n) is 9.52. The Morgan fingerprint density at radius 2 is 1.94 bits per heavy atom. The van der Waals surface area contributed by atoms with Gasteiger partial charge in [-0.2, -0.15) is 0 Å². The summed E-state index contributed by atoms with van der Waals surface area (Å²) in [6.45, 7) is -0.0756. The van der Waals surface area contributed by atoms with E-state index in [1.807, 2.05) is 0 Å². The number of aliphatic carboxylic acids is 1. The predicted molar refractivity (Wildman–Crippen MR) is 57.3 cm³/mol. The fourth-order valence-electron chi connectivity index (χ4n) is 2.28. The number of hydrogen-bond acceptors (Lipinski definition) is 4. The summed E-state index contributed by atoms with van der Waals surface area (Å²) < 4.78 is 5.15. The summed E-state index contributed by atoms with van der Waals surface area (Å²) in [5, 5.41) is 20.7. The first-order chi connectivity index (χ1) is 8.06. The average Bonchev–Trinajstić information content (AvgIpc) is 2.72. The number of carboxylic acids is 1. The van der Waals surface area contributed by atoms with E-state index in [4.69, 9.17) is 9.84 Å². The highest BCUT2D eigenvalue weighted by molar-refractivity contribution is 5.83. The molecule has 1 heterocycles. The molecule has 6 heteroatoms. The Hall–Kier alpha value is -1.14. The van der Waals surface area contributed by atoms with Gasteiger partial charge < -0.3 is 20.3 Å². The van der Waals surface area contributed by atoms with Crippen molar-refractivity contribution in [3.8, 4) is 0 Å². The number of amides is 1. The lowest BCUT2D eigenvalue weighted by Crippen LogP contribution is -2.58. The quantitative estimate of drug-likeness (QED) is 0.627. The Labute approximate surface area is 99.0 Å². The number of nitrogens with one attached hydrogen (secondary N) is 1. The second-order valence-corrected chi connectivity index (χ2v) is 4.81. The van der Waals surface area contributed by atoms with Crippen molar-refractivity contribution in [2.45, 2.75) is 49.9 Å². The maximum Gasteiger partial charge on any atom is 0.332 e. The second kappa shape index (κ2) is 4.62. The zero-order valence-corrected chi connectivity index (χ0v) is 9.52. The Morgan fingerprint density at radius 1 is 1.29 bits per heavy atom. The SMILES string of the molecule is O=C(O)C1CCC(C(=O)NC2(CO)CCC2)O1. The average molecular weight is 243 g/mol. The van der Waals surface area contributed by atoms with Crippen LogP contribution in [0.4, 0.5) is 0 Å². The van der Waals surface area contributed by atoms with Crippen LogP contribution in [0.1, 0.15) is 32.1 Å². The maximum absolute atomic E-state index is 11.8. The van der Waals surface area contributed by atoms with Crippen molar-refractivity contribution in [1.82, 2.24) is 5.32 Å². The van der Waals surface area contributed by atoms with Gasteiger partial charge in [-0.15, -0.1) is 0 Å². The lowest BCUT2D eigenvalue weighted by molar-refractivity contribution is -0.152. The molecule has 2 unspecified atom stereocenters. The summed E-state index contributed by atoms with van der Waals surface area (Å²) in [7, 11) is 0. The van der Waals surface area contributed by atoms with Crippen molar-refractivity contribution in [2.75, 3.05) is 6.61 Å². The van der Waals surface area contributed by atoms with Crippen molar-refractivity contribution in [3.63, 3.8) is 0 Å². The van der Waals surface area contributed by atoms with Crippen molar-refractivity contribution in [3.05, 3.63) is 0 Å². The highest BCUT2D eigenvalue weighted by Gasteiger charge is 2.41. The third-order valence-electron chi connectivity index (χ3n) is 3.59. The van der Waals surface area contributed by atoms with Gasteiger partial charge in [-0.25, -0.2) is 4.79 Å². The Balaban J connectivity index is 1.87. The first kappa shape index (κ1) is 12.3. The fourth-order valence-corrected chi connectivity index (χ4v) is 2.28. The van der Waals surface area contributed by atoms with Gasteiger partial charge in [0.2, 0.25) is 5.91 Å². The lowest BCUT2D eigenvalue weighted by Gasteiger charge is -2.41. The van der Waals surface area contributed by atoms with Crippen LogP contribution in [0.2, 0.25) is 0 Å². The maximum atomic E-state index is 11.8. The van der Waals surface area contributed by atoms with E-state index in [9.17, 15) is 14.7 Å². The van der Waals surface area contributed by atoms with Crippen molar-refractivity contribution < 1.29 is 24.5 Å².